The Bertz CT molecular complexity index is 1120. The van der Waals surface area contributed by atoms with Crippen molar-refractivity contribution >= 4 is 40.9 Å². The van der Waals surface area contributed by atoms with Gasteiger partial charge in [-0.2, -0.15) is 0 Å². The second kappa shape index (κ2) is 8.57. The number of carbonyl (C=O) groups excluding carboxylic acids is 4. The molecule has 2 aliphatic rings. The fourth-order valence-electron chi connectivity index (χ4n) is 4.49. The average Bonchev–Trinajstić information content (AvgIpc) is 3.13. The lowest BCUT2D eigenvalue weighted by atomic mass is 9.98. The molecule has 2 aliphatic heterocycles. The van der Waals surface area contributed by atoms with Crippen LogP contribution in [0, 0.1) is 0 Å². The Labute approximate surface area is 191 Å². The van der Waals surface area contributed by atoms with Gasteiger partial charge in [-0.05, 0) is 49.7 Å². The molecule has 172 valence electrons. The minimum absolute atomic E-state index is 0.0242. The van der Waals surface area contributed by atoms with Gasteiger partial charge in [-0.25, -0.2) is 4.79 Å². The molecule has 0 bridgehead atoms. The van der Waals surface area contributed by atoms with Crippen LogP contribution in [0.3, 0.4) is 0 Å². The van der Waals surface area contributed by atoms with E-state index in [1.165, 1.54) is 12.0 Å². The summed E-state index contributed by atoms with van der Waals surface area (Å²) in [5, 5.41) is 2.81. The third-order valence-corrected chi connectivity index (χ3v) is 6.29. The van der Waals surface area contributed by atoms with Crippen molar-refractivity contribution in [1.29, 1.82) is 0 Å². The van der Waals surface area contributed by atoms with Crippen LogP contribution in [0.25, 0.3) is 0 Å². The number of nitrogens with zero attached hydrogens (tertiary/aromatic N) is 3. The Morgan fingerprint density at radius 2 is 1.82 bits per heavy atom. The molecule has 0 saturated carbocycles. The molecule has 9 heteroatoms. The maximum atomic E-state index is 13.2. The maximum Gasteiger partial charge on any atom is 0.413 e. The molecule has 9 nitrogen and oxygen atoms in total. The fourth-order valence-corrected chi connectivity index (χ4v) is 4.49. The van der Waals surface area contributed by atoms with Crippen molar-refractivity contribution in [3.63, 3.8) is 0 Å². The van der Waals surface area contributed by atoms with E-state index >= 15 is 0 Å². The molecule has 33 heavy (non-hydrogen) atoms. The normalized spacial score (nSPS) is 19.1. The zero-order chi connectivity index (χ0) is 23.8. The Kier molecular flexibility index (Phi) is 5.80. The highest BCUT2D eigenvalue weighted by atomic mass is 16.5. The number of rotatable bonds is 5. The van der Waals surface area contributed by atoms with E-state index in [-0.39, 0.29) is 30.7 Å². The number of nitrogens with one attached hydrogen (secondary N) is 1. The number of amides is 4. The minimum Gasteiger partial charge on any atom is -0.452 e. The van der Waals surface area contributed by atoms with Crippen LogP contribution in [0.2, 0.25) is 0 Å². The molecule has 4 rings (SSSR count). The highest BCUT2D eigenvalue weighted by Crippen LogP contribution is 2.43. The van der Waals surface area contributed by atoms with Gasteiger partial charge in [0.15, 0.2) is 0 Å². The second-order valence-electron chi connectivity index (χ2n) is 8.29. The third kappa shape index (κ3) is 3.90. The summed E-state index contributed by atoms with van der Waals surface area (Å²) in [4.78, 5) is 54.8. The summed E-state index contributed by atoms with van der Waals surface area (Å²) in [5.41, 5.74) is 1.50. The zero-order valence-electron chi connectivity index (χ0n) is 18.8. The van der Waals surface area contributed by atoms with E-state index in [4.69, 9.17) is 0 Å². The molecule has 0 radical (unpaired) electrons. The van der Waals surface area contributed by atoms with E-state index < -0.39 is 11.8 Å². The molecule has 4 amide bonds. The number of anilines is 3. The molecule has 2 aromatic rings. The van der Waals surface area contributed by atoms with Gasteiger partial charge in [-0.3, -0.25) is 24.2 Å². The number of carbonyl (C=O) groups is 4. The zero-order valence-corrected chi connectivity index (χ0v) is 18.8. The van der Waals surface area contributed by atoms with E-state index in [1.54, 1.807) is 59.3 Å². The van der Waals surface area contributed by atoms with Crippen LogP contribution in [0.1, 0.15) is 36.5 Å². The molecule has 0 aromatic heterocycles. The van der Waals surface area contributed by atoms with Crippen molar-refractivity contribution in [2.45, 2.75) is 31.8 Å². The standard InChI is InChI=1S/C24H26N4O5/c1-24-14-12-21(30)28(24)19-7-5-4-6-18(19)22(31)27(24)15-13-20(29)25-16-8-10-17(11-9-16)26(2)23(32)33-3/h4-11H,12-15H2,1-3H3,(H,25,29). The molecule has 1 fully saturated rings. The predicted octanol–water partition coefficient (Wildman–Crippen LogP) is 3.22. The van der Waals surface area contributed by atoms with Gasteiger partial charge in [0.2, 0.25) is 11.8 Å². The van der Waals surface area contributed by atoms with E-state index in [1.807, 2.05) is 13.0 Å². The van der Waals surface area contributed by atoms with E-state index in [0.29, 0.717) is 35.5 Å². The summed E-state index contributed by atoms with van der Waals surface area (Å²) in [6, 6.07) is 13.9. The van der Waals surface area contributed by atoms with Gasteiger partial charge in [-0.15, -0.1) is 0 Å². The van der Waals surface area contributed by atoms with Crippen LogP contribution in [-0.2, 0) is 14.3 Å². The van der Waals surface area contributed by atoms with Crippen LogP contribution < -0.4 is 15.1 Å². The molecule has 0 spiro atoms. The molecule has 2 aromatic carbocycles. The Morgan fingerprint density at radius 3 is 2.52 bits per heavy atom. The topological polar surface area (TPSA) is 99.3 Å². The van der Waals surface area contributed by atoms with Crippen molar-refractivity contribution in [3.8, 4) is 0 Å². The van der Waals surface area contributed by atoms with E-state index in [9.17, 15) is 19.2 Å². The number of ether oxygens (including phenoxy) is 1. The van der Waals surface area contributed by atoms with Crippen molar-refractivity contribution in [3.05, 3.63) is 54.1 Å². The monoisotopic (exact) mass is 450 g/mol. The minimum atomic E-state index is -0.789. The highest BCUT2D eigenvalue weighted by molar-refractivity contribution is 6.10. The van der Waals surface area contributed by atoms with Crippen molar-refractivity contribution < 1.29 is 23.9 Å². The molecule has 2 heterocycles. The fraction of sp³-hybridized carbons (Fsp3) is 0.333. The van der Waals surface area contributed by atoms with Gasteiger partial charge in [0.05, 0.1) is 18.4 Å². The van der Waals surface area contributed by atoms with Gasteiger partial charge in [0, 0.05) is 37.8 Å². The first-order valence-electron chi connectivity index (χ1n) is 10.7. The first kappa shape index (κ1) is 22.3. The first-order chi connectivity index (χ1) is 15.8. The molecular formula is C24H26N4O5. The van der Waals surface area contributed by atoms with Crippen molar-refractivity contribution in [2.24, 2.45) is 0 Å². The van der Waals surface area contributed by atoms with Gasteiger partial charge in [0.1, 0.15) is 5.66 Å². The number of hydrogen-bond donors (Lipinski definition) is 1. The molecule has 1 atom stereocenters. The van der Waals surface area contributed by atoms with Crippen LogP contribution in [0.4, 0.5) is 21.9 Å². The smallest absolute Gasteiger partial charge is 0.413 e. The molecule has 0 aliphatic carbocycles. The lowest BCUT2D eigenvalue weighted by Gasteiger charge is -2.48. The maximum absolute atomic E-state index is 13.2. The van der Waals surface area contributed by atoms with Crippen LogP contribution in [0.5, 0.6) is 0 Å². The molecule has 1 unspecified atom stereocenters. The number of hydrogen-bond acceptors (Lipinski definition) is 5. The Morgan fingerprint density at radius 1 is 1.12 bits per heavy atom. The third-order valence-electron chi connectivity index (χ3n) is 6.29. The number of methoxy groups -OCH3 is 1. The van der Waals surface area contributed by atoms with Gasteiger partial charge < -0.3 is 15.0 Å². The summed E-state index contributed by atoms with van der Waals surface area (Å²) >= 11 is 0. The Balaban J connectivity index is 1.44. The summed E-state index contributed by atoms with van der Waals surface area (Å²) in [7, 11) is 2.89. The molecule has 1 N–H and O–H groups in total. The SMILES string of the molecule is COC(=O)N(C)c1ccc(NC(=O)CCN2C(=O)c3ccccc3N3C(=O)CCC23C)cc1. The van der Waals surface area contributed by atoms with Crippen molar-refractivity contribution in [2.75, 3.05) is 35.8 Å². The molecular weight excluding hydrogens is 424 g/mol. The summed E-state index contributed by atoms with van der Waals surface area (Å²) in [6.07, 6.45) is 0.457. The van der Waals surface area contributed by atoms with Gasteiger partial charge in [-0.1, -0.05) is 12.1 Å². The summed E-state index contributed by atoms with van der Waals surface area (Å²) < 4.78 is 4.69. The van der Waals surface area contributed by atoms with E-state index in [0.717, 1.165) is 0 Å². The number of para-hydroxylation sites is 1. The number of fused-ring (bicyclic) bond motifs is 3. The van der Waals surface area contributed by atoms with E-state index in [2.05, 4.69) is 10.1 Å². The van der Waals surface area contributed by atoms with Gasteiger partial charge in [0.25, 0.3) is 5.91 Å². The van der Waals surface area contributed by atoms with Crippen LogP contribution >= 0.6 is 0 Å². The van der Waals surface area contributed by atoms with Crippen LogP contribution in [-0.4, -0.2) is 55.1 Å². The average molecular weight is 450 g/mol. The number of benzene rings is 2. The predicted molar refractivity (Wildman–Crippen MR) is 123 cm³/mol. The lowest BCUT2D eigenvalue weighted by Crippen LogP contribution is -2.62. The summed E-state index contributed by atoms with van der Waals surface area (Å²) in [5.74, 6) is -0.457. The Hall–Kier alpha value is -3.88. The highest BCUT2D eigenvalue weighted by Gasteiger charge is 2.52. The quantitative estimate of drug-likeness (QED) is 0.754. The lowest BCUT2D eigenvalue weighted by molar-refractivity contribution is -0.117. The van der Waals surface area contributed by atoms with Crippen LogP contribution in [0.15, 0.2) is 48.5 Å². The molecule has 1 saturated heterocycles. The largest absolute Gasteiger partial charge is 0.452 e. The van der Waals surface area contributed by atoms with Gasteiger partial charge >= 0.3 is 6.09 Å². The first-order valence-corrected chi connectivity index (χ1v) is 10.7. The summed E-state index contributed by atoms with van der Waals surface area (Å²) in [6.45, 7) is 2.06. The van der Waals surface area contributed by atoms with Crippen molar-refractivity contribution in [1.82, 2.24) is 4.90 Å². The second-order valence-corrected chi connectivity index (χ2v) is 8.29.